The smallest absolute Gasteiger partial charge is 0.354 e. The van der Waals surface area contributed by atoms with Gasteiger partial charge in [0.15, 0.2) is 0 Å². The first-order valence-corrected chi connectivity index (χ1v) is 9.76. The van der Waals surface area contributed by atoms with E-state index in [1.165, 1.54) is 6.07 Å². The number of nitrogens with one attached hydrogen (secondary N) is 1. The van der Waals surface area contributed by atoms with Crippen molar-refractivity contribution in [3.63, 3.8) is 0 Å². The number of amides is 1. The number of piperidine rings is 1. The van der Waals surface area contributed by atoms with E-state index in [2.05, 4.69) is 5.32 Å². The van der Waals surface area contributed by atoms with Crippen LogP contribution in [0.4, 0.5) is 13.2 Å². The van der Waals surface area contributed by atoms with E-state index in [-0.39, 0.29) is 32.0 Å². The predicted octanol–water partition coefficient (Wildman–Crippen LogP) is 1.71. The molecular weight excluding hydrogens is 371 g/mol. The Labute approximate surface area is 150 Å². The van der Waals surface area contributed by atoms with Gasteiger partial charge in [-0.2, -0.15) is 17.5 Å². The Kier molecular flexibility index (Phi) is 6.64. The molecule has 0 radical (unpaired) electrons. The van der Waals surface area contributed by atoms with Crippen molar-refractivity contribution in [1.29, 1.82) is 0 Å². The maximum absolute atomic E-state index is 13.2. The van der Waals surface area contributed by atoms with Crippen molar-refractivity contribution in [3.8, 4) is 0 Å². The monoisotopic (exact) mass is 393 g/mol. The Balaban J connectivity index is 2.30. The Bertz CT molecular complexity index is 738. The van der Waals surface area contributed by atoms with Crippen LogP contribution in [0.1, 0.15) is 31.2 Å². The molecule has 0 aliphatic carbocycles. The second-order valence-corrected chi connectivity index (χ2v) is 7.96. The molecule has 1 aliphatic heterocycles. The van der Waals surface area contributed by atoms with Gasteiger partial charge >= 0.3 is 6.18 Å². The molecule has 0 spiro atoms. The van der Waals surface area contributed by atoms with Crippen molar-refractivity contribution in [2.24, 2.45) is 5.73 Å². The van der Waals surface area contributed by atoms with Crippen molar-refractivity contribution >= 4 is 15.9 Å². The maximum atomic E-state index is 13.2. The zero-order valence-electron chi connectivity index (χ0n) is 14.1. The Morgan fingerprint density at radius 2 is 1.96 bits per heavy atom. The van der Waals surface area contributed by atoms with Gasteiger partial charge in [-0.1, -0.05) is 18.6 Å². The SMILES string of the molecule is NCCC(=O)NCC1CCCCN1S(=O)(=O)c1ccccc1C(F)(F)F. The summed E-state index contributed by atoms with van der Waals surface area (Å²) in [7, 11) is -4.35. The number of carbonyl (C=O) groups is 1. The summed E-state index contributed by atoms with van der Waals surface area (Å²) in [6.45, 7) is 0.329. The average Bonchev–Trinajstić information content (AvgIpc) is 2.60. The number of nitrogens with two attached hydrogens (primary N) is 1. The number of alkyl halides is 3. The molecule has 1 unspecified atom stereocenters. The minimum Gasteiger partial charge on any atom is -0.354 e. The van der Waals surface area contributed by atoms with Gasteiger partial charge in [-0.3, -0.25) is 4.79 Å². The third-order valence-corrected chi connectivity index (χ3v) is 6.27. The average molecular weight is 393 g/mol. The minimum atomic E-state index is -4.77. The number of halogens is 3. The van der Waals surface area contributed by atoms with Gasteiger partial charge in [0, 0.05) is 32.1 Å². The van der Waals surface area contributed by atoms with E-state index < -0.39 is 32.7 Å². The molecule has 1 heterocycles. The summed E-state index contributed by atoms with van der Waals surface area (Å²) in [6.07, 6.45) is -2.90. The molecule has 3 N–H and O–H groups in total. The molecule has 0 aromatic heterocycles. The first-order chi connectivity index (χ1) is 12.2. The van der Waals surface area contributed by atoms with Gasteiger partial charge in [-0.25, -0.2) is 8.42 Å². The molecule has 26 heavy (non-hydrogen) atoms. The van der Waals surface area contributed by atoms with Crippen molar-refractivity contribution < 1.29 is 26.4 Å². The van der Waals surface area contributed by atoms with Gasteiger partial charge in [-0.05, 0) is 25.0 Å². The fourth-order valence-electron chi connectivity index (χ4n) is 3.00. The Morgan fingerprint density at radius 3 is 2.62 bits per heavy atom. The topological polar surface area (TPSA) is 92.5 Å². The van der Waals surface area contributed by atoms with Crippen LogP contribution in [0.3, 0.4) is 0 Å². The van der Waals surface area contributed by atoms with E-state index in [0.717, 1.165) is 28.9 Å². The van der Waals surface area contributed by atoms with Gasteiger partial charge < -0.3 is 11.1 Å². The molecule has 1 amide bonds. The second-order valence-electron chi connectivity index (χ2n) is 6.10. The van der Waals surface area contributed by atoms with Crippen molar-refractivity contribution in [3.05, 3.63) is 29.8 Å². The number of benzene rings is 1. The van der Waals surface area contributed by atoms with Gasteiger partial charge in [0.1, 0.15) is 0 Å². The first kappa shape index (κ1) is 20.7. The number of nitrogens with zero attached hydrogens (tertiary/aromatic N) is 1. The quantitative estimate of drug-likeness (QED) is 0.770. The highest BCUT2D eigenvalue weighted by Crippen LogP contribution is 2.36. The molecule has 146 valence electrons. The lowest BCUT2D eigenvalue weighted by atomic mass is 10.1. The number of sulfonamides is 1. The summed E-state index contributed by atoms with van der Waals surface area (Å²) >= 11 is 0. The van der Waals surface area contributed by atoms with Crippen LogP contribution in [0.5, 0.6) is 0 Å². The van der Waals surface area contributed by atoms with Gasteiger partial charge in [0.25, 0.3) is 0 Å². The first-order valence-electron chi connectivity index (χ1n) is 8.32. The van der Waals surface area contributed by atoms with E-state index in [4.69, 9.17) is 5.73 Å². The fourth-order valence-corrected chi connectivity index (χ4v) is 4.90. The Morgan fingerprint density at radius 1 is 1.27 bits per heavy atom. The fraction of sp³-hybridized carbons (Fsp3) is 0.562. The molecule has 1 saturated heterocycles. The zero-order chi connectivity index (χ0) is 19.4. The van der Waals surface area contributed by atoms with Crippen LogP contribution in [-0.2, 0) is 21.0 Å². The summed E-state index contributed by atoms with van der Waals surface area (Å²) in [6, 6.07) is 3.56. The predicted molar refractivity (Wildman–Crippen MR) is 89.7 cm³/mol. The molecule has 0 saturated carbocycles. The third kappa shape index (κ3) is 4.74. The molecule has 10 heteroatoms. The minimum absolute atomic E-state index is 0.0479. The summed E-state index contributed by atoms with van der Waals surface area (Å²) in [5.41, 5.74) is 4.11. The zero-order valence-corrected chi connectivity index (χ0v) is 14.9. The van der Waals surface area contributed by atoms with Crippen LogP contribution in [0, 0.1) is 0 Å². The largest absolute Gasteiger partial charge is 0.417 e. The van der Waals surface area contributed by atoms with Crippen LogP contribution >= 0.6 is 0 Å². The number of hydrogen-bond acceptors (Lipinski definition) is 4. The lowest BCUT2D eigenvalue weighted by Crippen LogP contribution is -2.49. The number of rotatable bonds is 6. The third-order valence-electron chi connectivity index (χ3n) is 4.26. The number of hydrogen-bond donors (Lipinski definition) is 2. The van der Waals surface area contributed by atoms with Gasteiger partial charge in [0.2, 0.25) is 15.9 Å². The van der Waals surface area contributed by atoms with Crippen LogP contribution in [0.15, 0.2) is 29.2 Å². The molecular formula is C16H22F3N3O3S. The van der Waals surface area contributed by atoms with Crippen LogP contribution in [-0.4, -0.2) is 44.3 Å². The van der Waals surface area contributed by atoms with E-state index >= 15 is 0 Å². The van der Waals surface area contributed by atoms with Crippen molar-refractivity contribution in [2.45, 2.75) is 42.8 Å². The number of carbonyl (C=O) groups excluding carboxylic acids is 1. The molecule has 2 rings (SSSR count). The van der Waals surface area contributed by atoms with E-state index in [0.29, 0.717) is 12.8 Å². The highest BCUT2D eigenvalue weighted by atomic mass is 32.2. The molecule has 1 aromatic rings. The van der Waals surface area contributed by atoms with E-state index in [9.17, 15) is 26.4 Å². The molecule has 1 fully saturated rings. The second kappa shape index (κ2) is 8.36. The Hall–Kier alpha value is -1.65. The summed E-state index contributed by atoms with van der Waals surface area (Å²) in [5.74, 6) is -0.314. The van der Waals surface area contributed by atoms with Crippen LogP contribution < -0.4 is 11.1 Å². The molecule has 0 bridgehead atoms. The van der Waals surface area contributed by atoms with E-state index in [1.54, 1.807) is 0 Å². The molecule has 6 nitrogen and oxygen atoms in total. The standard InChI is InChI=1S/C16H22F3N3O3S/c17-16(18,19)13-6-1-2-7-14(13)26(24,25)22-10-4-3-5-12(22)11-21-15(23)8-9-20/h1-2,6-7,12H,3-5,8-11,20H2,(H,21,23). The molecule has 1 aliphatic rings. The van der Waals surface area contributed by atoms with Crippen molar-refractivity contribution in [2.75, 3.05) is 19.6 Å². The van der Waals surface area contributed by atoms with Crippen molar-refractivity contribution in [1.82, 2.24) is 9.62 Å². The summed E-state index contributed by atoms with van der Waals surface area (Å²) in [4.78, 5) is 10.8. The molecule has 1 aromatic carbocycles. The highest BCUT2D eigenvalue weighted by molar-refractivity contribution is 7.89. The molecule has 1 atom stereocenters. The van der Waals surface area contributed by atoms with Crippen LogP contribution in [0.25, 0.3) is 0 Å². The lowest BCUT2D eigenvalue weighted by Gasteiger charge is -2.35. The summed E-state index contributed by atoms with van der Waals surface area (Å²) in [5, 5.41) is 2.60. The summed E-state index contributed by atoms with van der Waals surface area (Å²) < 4.78 is 66.6. The lowest BCUT2D eigenvalue weighted by molar-refractivity contribution is -0.140. The maximum Gasteiger partial charge on any atom is 0.417 e. The van der Waals surface area contributed by atoms with Crippen LogP contribution in [0.2, 0.25) is 0 Å². The van der Waals surface area contributed by atoms with Gasteiger partial charge in [0.05, 0.1) is 10.5 Å². The van der Waals surface area contributed by atoms with Gasteiger partial charge in [-0.15, -0.1) is 0 Å². The highest BCUT2D eigenvalue weighted by Gasteiger charge is 2.41. The normalized spacial score (nSPS) is 19.3. The van der Waals surface area contributed by atoms with E-state index in [1.807, 2.05) is 0 Å².